The Morgan fingerprint density at radius 1 is 1.21 bits per heavy atom. The van der Waals surface area contributed by atoms with Crippen LogP contribution in [-0.4, -0.2) is 26.2 Å². The second kappa shape index (κ2) is 9.00. The van der Waals surface area contributed by atoms with Gasteiger partial charge in [0.15, 0.2) is 0 Å². The molecule has 0 atom stereocenters. The predicted molar refractivity (Wildman–Crippen MR) is 58.2 cm³/mol. The predicted octanol–water partition coefficient (Wildman–Crippen LogP) is 1.97. The van der Waals surface area contributed by atoms with Crippen molar-refractivity contribution in [1.29, 1.82) is 0 Å². The van der Waals surface area contributed by atoms with Crippen LogP contribution in [0.25, 0.3) is 0 Å². The highest BCUT2D eigenvalue weighted by Crippen LogP contribution is 1.99. The number of methoxy groups -OCH3 is 1. The SMILES string of the molecule is COCCCCCCNC(=O)C(C)C. The molecular formula is C11H23NO2. The van der Waals surface area contributed by atoms with E-state index in [0.717, 1.165) is 26.0 Å². The summed E-state index contributed by atoms with van der Waals surface area (Å²) < 4.78 is 4.95. The third-order valence-electron chi connectivity index (χ3n) is 2.10. The van der Waals surface area contributed by atoms with Crippen molar-refractivity contribution < 1.29 is 9.53 Å². The summed E-state index contributed by atoms with van der Waals surface area (Å²) in [6.45, 7) is 5.48. The van der Waals surface area contributed by atoms with Gasteiger partial charge in [0.05, 0.1) is 0 Å². The standard InChI is InChI=1S/C11H23NO2/c1-10(2)11(13)12-8-6-4-5-7-9-14-3/h10H,4-9H2,1-3H3,(H,12,13). The molecule has 1 N–H and O–H groups in total. The number of unbranched alkanes of at least 4 members (excludes halogenated alkanes) is 3. The number of rotatable bonds is 8. The maximum Gasteiger partial charge on any atom is 0.222 e. The Morgan fingerprint density at radius 3 is 2.43 bits per heavy atom. The molecule has 0 aromatic rings. The molecule has 0 unspecified atom stereocenters. The average Bonchev–Trinajstić information content (AvgIpc) is 2.16. The first kappa shape index (κ1) is 13.4. The molecule has 0 bridgehead atoms. The lowest BCUT2D eigenvalue weighted by Gasteiger charge is -2.06. The van der Waals surface area contributed by atoms with Crippen molar-refractivity contribution in [3.8, 4) is 0 Å². The van der Waals surface area contributed by atoms with Crippen LogP contribution >= 0.6 is 0 Å². The molecule has 14 heavy (non-hydrogen) atoms. The van der Waals surface area contributed by atoms with E-state index in [1.54, 1.807) is 7.11 Å². The van der Waals surface area contributed by atoms with Crippen LogP contribution in [0.1, 0.15) is 39.5 Å². The number of nitrogens with one attached hydrogen (secondary N) is 1. The third kappa shape index (κ3) is 8.05. The zero-order valence-corrected chi connectivity index (χ0v) is 9.64. The first-order chi connectivity index (χ1) is 6.68. The second-order valence-electron chi connectivity index (χ2n) is 3.85. The van der Waals surface area contributed by atoms with Gasteiger partial charge in [-0.2, -0.15) is 0 Å². The summed E-state index contributed by atoms with van der Waals surface area (Å²) in [6, 6.07) is 0. The fourth-order valence-electron chi connectivity index (χ4n) is 1.14. The zero-order chi connectivity index (χ0) is 10.8. The number of hydrogen-bond donors (Lipinski definition) is 1. The van der Waals surface area contributed by atoms with Crippen LogP contribution in [0.4, 0.5) is 0 Å². The summed E-state index contributed by atoms with van der Waals surface area (Å²) >= 11 is 0. The molecule has 0 heterocycles. The van der Waals surface area contributed by atoms with E-state index in [0.29, 0.717) is 0 Å². The summed E-state index contributed by atoms with van der Waals surface area (Å²) in [4.78, 5) is 11.1. The van der Waals surface area contributed by atoms with Crippen LogP contribution in [-0.2, 0) is 9.53 Å². The Bertz CT molecular complexity index is 146. The highest BCUT2D eigenvalue weighted by atomic mass is 16.5. The third-order valence-corrected chi connectivity index (χ3v) is 2.10. The van der Waals surface area contributed by atoms with Crippen LogP contribution in [0.3, 0.4) is 0 Å². The normalized spacial score (nSPS) is 10.6. The number of hydrogen-bond acceptors (Lipinski definition) is 2. The average molecular weight is 201 g/mol. The van der Waals surface area contributed by atoms with E-state index in [-0.39, 0.29) is 11.8 Å². The van der Waals surface area contributed by atoms with Crippen molar-refractivity contribution in [2.45, 2.75) is 39.5 Å². The molecule has 0 aromatic carbocycles. The molecule has 0 aliphatic rings. The number of amides is 1. The minimum atomic E-state index is 0.100. The van der Waals surface area contributed by atoms with Crippen molar-refractivity contribution >= 4 is 5.91 Å². The molecule has 0 radical (unpaired) electrons. The van der Waals surface area contributed by atoms with Gasteiger partial charge in [0.25, 0.3) is 0 Å². The Morgan fingerprint density at radius 2 is 1.86 bits per heavy atom. The maximum atomic E-state index is 11.1. The zero-order valence-electron chi connectivity index (χ0n) is 9.64. The minimum absolute atomic E-state index is 0.100. The summed E-state index contributed by atoms with van der Waals surface area (Å²) in [5.41, 5.74) is 0. The monoisotopic (exact) mass is 201 g/mol. The van der Waals surface area contributed by atoms with Gasteiger partial charge >= 0.3 is 0 Å². The maximum absolute atomic E-state index is 11.1. The van der Waals surface area contributed by atoms with Crippen molar-refractivity contribution in [2.24, 2.45) is 5.92 Å². The highest BCUT2D eigenvalue weighted by Gasteiger charge is 2.04. The van der Waals surface area contributed by atoms with Crippen molar-refractivity contribution in [1.82, 2.24) is 5.32 Å². The molecule has 0 aliphatic carbocycles. The van der Waals surface area contributed by atoms with Gasteiger partial charge in [-0.3, -0.25) is 4.79 Å². The molecule has 3 nitrogen and oxygen atoms in total. The second-order valence-corrected chi connectivity index (χ2v) is 3.85. The van der Waals surface area contributed by atoms with E-state index in [1.165, 1.54) is 12.8 Å². The summed E-state index contributed by atoms with van der Waals surface area (Å²) in [7, 11) is 1.73. The van der Waals surface area contributed by atoms with Crippen LogP contribution in [0.2, 0.25) is 0 Å². The first-order valence-electron chi connectivity index (χ1n) is 5.45. The van der Waals surface area contributed by atoms with Gasteiger partial charge in [-0.25, -0.2) is 0 Å². The molecule has 0 aliphatic heterocycles. The van der Waals surface area contributed by atoms with E-state index < -0.39 is 0 Å². The van der Waals surface area contributed by atoms with Crippen LogP contribution < -0.4 is 5.32 Å². The molecule has 0 rings (SSSR count). The molecular weight excluding hydrogens is 178 g/mol. The fourth-order valence-corrected chi connectivity index (χ4v) is 1.14. The fraction of sp³-hybridized carbons (Fsp3) is 0.909. The van der Waals surface area contributed by atoms with Gasteiger partial charge in [0, 0.05) is 26.2 Å². The topological polar surface area (TPSA) is 38.3 Å². The van der Waals surface area contributed by atoms with Crippen LogP contribution in [0, 0.1) is 5.92 Å². The van der Waals surface area contributed by atoms with E-state index in [4.69, 9.17) is 4.74 Å². The Balaban J connectivity index is 3.10. The van der Waals surface area contributed by atoms with Crippen LogP contribution in [0.5, 0.6) is 0 Å². The Kier molecular flexibility index (Phi) is 8.64. The lowest BCUT2D eigenvalue weighted by molar-refractivity contribution is -0.123. The van der Waals surface area contributed by atoms with Gasteiger partial charge in [-0.1, -0.05) is 26.7 Å². The quantitative estimate of drug-likeness (QED) is 0.610. The summed E-state index contributed by atoms with van der Waals surface area (Å²) in [5, 5.41) is 2.90. The molecule has 0 saturated carbocycles. The Hall–Kier alpha value is -0.570. The Labute approximate surface area is 87.2 Å². The van der Waals surface area contributed by atoms with Gasteiger partial charge in [-0.15, -0.1) is 0 Å². The number of carbonyl (C=O) groups is 1. The minimum Gasteiger partial charge on any atom is -0.385 e. The first-order valence-corrected chi connectivity index (χ1v) is 5.45. The molecule has 0 fully saturated rings. The van der Waals surface area contributed by atoms with Crippen molar-refractivity contribution in [2.75, 3.05) is 20.3 Å². The largest absolute Gasteiger partial charge is 0.385 e. The van der Waals surface area contributed by atoms with E-state index in [9.17, 15) is 4.79 Å². The van der Waals surface area contributed by atoms with Crippen molar-refractivity contribution in [3.05, 3.63) is 0 Å². The summed E-state index contributed by atoms with van der Waals surface area (Å²) in [6.07, 6.45) is 4.55. The van der Waals surface area contributed by atoms with Crippen LogP contribution in [0.15, 0.2) is 0 Å². The molecule has 1 amide bonds. The van der Waals surface area contributed by atoms with Gasteiger partial charge < -0.3 is 10.1 Å². The van der Waals surface area contributed by atoms with Gasteiger partial charge in [0.1, 0.15) is 0 Å². The van der Waals surface area contributed by atoms with E-state index >= 15 is 0 Å². The number of ether oxygens (including phenoxy) is 1. The van der Waals surface area contributed by atoms with Crippen molar-refractivity contribution in [3.63, 3.8) is 0 Å². The lowest BCUT2D eigenvalue weighted by atomic mass is 10.2. The van der Waals surface area contributed by atoms with Gasteiger partial charge in [-0.05, 0) is 12.8 Å². The summed E-state index contributed by atoms with van der Waals surface area (Å²) in [5.74, 6) is 0.255. The van der Waals surface area contributed by atoms with E-state index in [2.05, 4.69) is 5.32 Å². The van der Waals surface area contributed by atoms with Gasteiger partial charge in [0.2, 0.25) is 5.91 Å². The smallest absolute Gasteiger partial charge is 0.222 e. The molecule has 3 heteroatoms. The molecule has 0 aromatic heterocycles. The lowest BCUT2D eigenvalue weighted by Crippen LogP contribution is -2.28. The molecule has 84 valence electrons. The molecule has 0 spiro atoms. The number of carbonyl (C=O) groups excluding carboxylic acids is 1. The van der Waals surface area contributed by atoms with E-state index in [1.807, 2.05) is 13.8 Å². The molecule has 0 saturated heterocycles. The highest BCUT2D eigenvalue weighted by molar-refractivity contribution is 5.77.